The molecule has 0 atom stereocenters. The molecular formula is C18H23NO3. The van der Waals surface area contributed by atoms with Gasteiger partial charge >= 0.3 is 0 Å². The van der Waals surface area contributed by atoms with Crippen LogP contribution in [0.4, 0.5) is 5.69 Å². The quantitative estimate of drug-likeness (QED) is 0.800. The molecule has 1 aromatic rings. The minimum absolute atomic E-state index is 0.0930. The van der Waals surface area contributed by atoms with Crippen LogP contribution in [0, 0.1) is 0 Å². The first kappa shape index (κ1) is 15.3. The molecule has 0 radical (unpaired) electrons. The summed E-state index contributed by atoms with van der Waals surface area (Å²) in [5.74, 6) is 0.0930. The molecule has 2 heterocycles. The van der Waals surface area contributed by atoms with E-state index in [4.69, 9.17) is 9.47 Å². The maximum absolute atomic E-state index is 11.6. The van der Waals surface area contributed by atoms with Crippen molar-refractivity contribution in [3.63, 3.8) is 0 Å². The zero-order valence-electron chi connectivity index (χ0n) is 13.5. The van der Waals surface area contributed by atoms with Gasteiger partial charge in [0.15, 0.2) is 12.1 Å². The predicted molar refractivity (Wildman–Crippen MR) is 86.3 cm³/mol. The SMILES string of the molecule is C=C1N(CCC2OCCO2)c2ccc(C(C)=O)cc2C1(C)C. The summed E-state index contributed by atoms with van der Waals surface area (Å²) in [5.41, 5.74) is 3.94. The first-order valence-electron chi connectivity index (χ1n) is 7.77. The van der Waals surface area contributed by atoms with Crippen LogP contribution in [0.15, 0.2) is 30.5 Å². The molecule has 1 saturated heterocycles. The first-order chi connectivity index (χ1) is 10.4. The number of allylic oxidation sites excluding steroid dienone is 1. The molecule has 0 N–H and O–H groups in total. The standard InChI is InChI=1S/C18H23NO3/c1-12(20)14-5-6-16-15(11-14)18(3,4)13(2)19(16)8-7-17-21-9-10-22-17/h5-6,11,17H,2,7-10H2,1,3-4H3. The molecule has 0 unspecified atom stereocenters. The van der Waals surface area contributed by atoms with Gasteiger partial charge in [-0.1, -0.05) is 20.4 Å². The topological polar surface area (TPSA) is 38.8 Å². The molecule has 0 spiro atoms. The highest BCUT2D eigenvalue weighted by Gasteiger charge is 2.39. The Hall–Kier alpha value is -1.65. The lowest BCUT2D eigenvalue weighted by Crippen LogP contribution is -2.28. The van der Waals surface area contributed by atoms with E-state index in [1.54, 1.807) is 6.92 Å². The summed E-state index contributed by atoms with van der Waals surface area (Å²) in [7, 11) is 0. The third kappa shape index (κ3) is 2.46. The number of hydrogen-bond acceptors (Lipinski definition) is 4. The van der Waals surface area contributed by atoms with Gasteiger partial charge in [-0.2, -0.15) is 0 Å². The number of ether oxygens (including phenoxy) is 2. The lowest BCUT2D eigenvalue weighted by atomic mass is 9.83. The van der Waals surface area contributed by atoms with Gasteiger partial charge in [0, 0.05) is 35.3 Å². The smallest absolute Gasteiger partial charge is 0.159 e. The Morgan fingerprint density at radius 3 is 2.68 bits per heavy atom. The van der Waals surface area contributed by atoms with Crippen LogP contribution in [0.1, 0.15) is 43.1 Å². The number of fused-ring (bicyclic) bond motifs is 1. The van der Waals surface area contributed by atoms with Crippen LogP contribution in [-0.4, -0.2) is 31.8 Å². The highest BCUT2D eigenvalue weighted by Crippen LogP contribution is 2.47. The zero-order valence-corrected chi connectivity index (χ0v) is 13.5. The number of anilines is 1. The molecule has 4 nitrogen and oxygen atoms in total. The lowest BCUT2D eigenvalue weighted by molar-refractivity contribution is -0.0447. The molecule has 1 fully saturated rings. The van der Waals surface area contributed by atoms with Crippen molar-refractivity contribution in [2.75, 3.05) is 24.7 Å². The second-order valence-corrected chi connectivity index (χ2v) is 6.47. The maximum Gasteiger partial charge on any atom is 0.159 e. The van der Waals surface area contributed by atoms with Crippen molar-refractivity contribution in [1.82, 2.24) is 0 Å². The van der Waals surface area contributed by atoms with Crippen LogP contribution in [0.3, 0.4) is 0 Å². The zero-order chi connectivity index (χ0) is 15.9. The third-order valence-electron chi connectivity index (χ3n) is 4.69. The Labute approximate surface area is 131 Å². The van der Waals surface area contributed by atoms with Crippen LogP contribution in [-0.2, 0) is 14.9 Å². The van der Waals surface area contributed by atoms with Crippen molar-refractivity contribution >= 4 is 11.5 Å². The number of ketones is 1. The molecule has 0 bridgehead atoms. The summed E-state index contributed by atoms with van der Waals surface area (Å²) in [6, 6.07) is 5.93. The van der Waals surface area contributed by atoms with Crippen LogP contribution < -0.4 is 4.90 Å². The second-order valence-electron chi connectivity index (χ2n) is 6.47. The van der Waals surface area contributed by atoms with Crippen molar-refractivity contribution in [3.8, 4) is 0 Å². The number of Topliss-reactive ketones (excluding diaryl/α,β-unsaturated/α-hetero) is 1. The van der Waals surface area contributed by atoms with Crippen LogP contribution in [0.5, 0.6) is 0 Å². The fraction of sp³-hybridized carbons (Fsp3) is 0.500. The normalized spacial score (nSPS) is 20.5. The van der Waals surface area contributed by atoms with Gasteiger partial charge in [0.05, 0.1) is 13.2 Å². The summed E-state index contributed by atoms with van der Waals surface area (Å²) in [5, 5.41) is 0. The monoisotopic (exact) mass is 301 g/mol. The Morgan fingerprint density at radius 1 is 1.36 bits per heavy atom. The molecule has 0 amide bonds. The van der Waals surface area contributed by atoms with Gasteiger partial charge in [0.2, 0.25) is 0 Å². The van der Waals surface area contributed by atoms with Gasteiger partial charge in [-0.3, -0.25) is 4.79 Å². The van der Waals surface area contributed by atoms with E-state index in [0.717, 1.165) is 29.9 Å². The molecule has 3 rings (SSSR count). The van der Waals surface area contributed by atoms with Crippen molar-refractivity contribution in [2.24, 2.45) is 0 Å². The molecule has 4 heteroatoms. The molecule has 0 saturated carbocycles. The predicted octanol–water partition coefficient (Wildman–Crippen LogP) is 3.26. The van der Waals surface area contributed by atoms with E-state index < -0.39 is 0 Å². The lowest BCUT2D eigenvalue weighted by Gasteiger charge is -2.26. The van der Waals surface area contributed by atoms with Gasteiger partial charge in [0.25, 0.3) is 0 Å². The molecular weight excluding hydrogens is 278 g/mol. The van der Waals surface area contributed by atoms with E-state index in [0.29, 0.717) is 13.2 Å². The average Bonchev–Trinajstić information content (AvgIpc) is 3.05. The third-order valence-corrected chi connectivity index (χ3v) is 4.69. The highest BCUT2D eigenvalue weighted by atomic mass is 16.7. The van der Waals surface area contributed by atoms with Crippen LogP contribution in [0.2, 0.25) is 0 Å². The fourth-order valence-corrected chi connectivity index (χ4v) is 3.19. The Morgan fingerprint density at radius 2 is 2.05 bits per heavy atom. The maximum atomic E-state index is 11.6. The van der Waals surface area contributed by atoms with E-state index in [-0.39, 0.29) is 17.5 Å². The average molecular weight is 301 g/mol. The Balaban J connectivity index is 1.87. The minimum Gasteiger partial charge on any atom is -0.350 e. The highest BCUT2D eigenvalue weighted by molar-refractivity contribution is 5.95. The molecule has 2 aliphatic heterocycles. The van der Waals surface area contributed by atoms with Gasteiger partial charge < -0.3 is 14.4 Å². The Kier molecular flexibility index (Phi) is 3.83. The first-order valence-corrected chi connectivity index (χ1v) is 7.77. The van der Waals surface area contributed by atoms with Crippen molar-refractivity contribution in [1.29, 1.82) is 0 Å². The van der Waals surface area contributed by atoms with Crippen molar-refractivity contribution in [2.45, 2.75) is 38.9 Å². The van der Waals surface area contributed by atoms with Crippen LogP contribution >= 0.6 is 0 Å². The largest absolute Gasteiger partial charge is 0.350 e. The van der Waals surface area contributed by atoms with Crippen molar-refractivity contribution in [3.05, 3.63) is 41.6 Å². The number of nitrogens with zero attached hydrogens (tertiary/aromatic N) is 1. The van der Waals surface area contributed by atoms with Gasteiger partial charge in [-0.05, 0) is 30.7 Å². The second kappa shape index (κ2) is 5.52. The number of carbonyl (C=O) groups excluding carboxylic acids is 1. The molecule has 0 aromatic heterocycles. The summed E-state index contributed by atoms with van der Waals surface area (Å²) < 4.78 is 11.0. The fourth-order valence-electron chi connectivity index (χ4n) is 3.19. The van der Waals surface area contributed by atoms with Gasteiger partial charge in [-0.15, -0.1) is 0 Å². The summed E-state index contributed by atoms with van der Waals surface area (Å²) in [6.45, 7) is 12.3. The molecule has 1 aromatic carbocycles. The number of carbonyl (C=O) groups is 1. The molecule has 118 valence electrons. The number of hydrogen-bond donors (Lipinski definition) is 0. The van der Waals surface area contributed by atoms with Gasteiger partial charge in [-0.25, -0.2) is 0 Å². The summed E-state index contributed by atoms with van der Waals surface area (Å²) in [4.78, 5) is 13.9. The molecule has 22 heavy (non-hydrogen) atoms. The van der Waals surface area contributed by atoms with Crippen LogP contribution in [0.25, 0.3) is 0 Å². The Bertz CT molecular complexity index is 615. The number of rotatable bonds is 4. The van der Waals surface area contributed by atoms with E-state index in [1.165, 1.54) is 5.56 Å². The minimum atomic E-state index is -0.168. The van der Waals surface area contributed by atoms with E-state index in [9.17, 15) is 4.79 Å². The van der Waals surface area contributed by atoms with E-state index >= 15 is 0 Å². The molecule has 2 aliphatic rings. The van der Waals surface area contributed by atoms with Gasteiger partial charge in [0.1, 0.15) is 0 Å². The summed E-state index contributed by atoms with van der Waals surface area (Å²) >= 11 is 0. The van der Waals surface area contributed by atoms with E-state index in [2.05, 4.69) is 25.3 Å². The molecule has 0 aliphatic carbocycles. The van der Waals surface area contributed by atoms with E-state index in [1.807, 2.05) is 18.2 Å². The number of benzene rings is 1. The van der Waals surface area contributed by atoms with Crippen molar-refractivity contribution < 1.29 is 14.3 Å². The summed E-state index contributed by atoms with van der Waals surface area (Å²) in [6.07, 6.45) is 0.694.